The van der Waals surface area contributed by atoms with Gasteiger partial charge in [-0.1, -0.05) is 6.58 Å². The van der Waals surface area contributed by atoms with Gasteiger partial charge in [0.2, 0.25) is 5.91 Å². The monoisotopic (exact) mass is 209 g/mol. The van der Waals surface area contributed by atoms with Gasteiger partial charge < -0.3 is 10.4 Å². The summed E-state index contributed by atoms with van der Waals surface area (Å²) in [4.78, 5) is 10.5. The Balaban J connectivity index is 3.82. The molecule has 76 valence electrons. The van der Waals surface area contributed by atoms with E-state index in [2.05, 4.69) is 6.58 Å². The lowest BCUT2D eigenvalue weighted by atomic mass is 10.4. The first kappa shape index (κ1) is 12.1. The molecule has 13 heavy (non-hydrogen) atoms. The van der Waals surface area contributed by atoms with E-state index in [-0.39, 0.29) is 6.42 Å². The summed E-state index contributed by atoms with van der Waals surface area (Å²) in [5, 5.41) is 11.0. The number of hydrogen-bond acceptors (Lipinski definition) is 4. The highest BCUT2D eigenvalue weighted by Gasteiger charge is 2.11. The Morgan fingerprint density at radius 2 is 2.15 bits per heavy atom. The molecule has 0 aliphatic heterocycles. The summed E-state index contributed by atoms with van der Waals surface area (Å²) in [6.45, 7) is 3.13. The summed E-state index contributed by atoms with van der Waals surface area (Å²) in [5.41, 5.74) is 0. The van der Waals surface area contributed by atoms with Crippen molar-refractivity contribution in [2.75, 3.05) is 5.75 Å². The molecule has 0 saturated carbocycles. The fraction of sp³-hybridized carbons (Fsp3) is 0.500. The highest BCUT2D eigenvalue weighted by molar-refractivity contribution is 7.85. The van der Waals surface area contributed by atoms with Gasteiger partial charge in [0.25, 0.3) is 10.1 Å². The number of aliphatic hydroxyl groups excluding tert-OH is 1. The van der Waals surface area contributed by atoms with Crippen LogP contribution in [0.1, 0.15) is 6.42 Å². The van der Waals surface area contributed by atoms with Gasteiger partial charge in [-0.3, -0.25) is 9.35 Å². The molecule has 0 radical (unpaired) electrons. The molecule has 1 atom stereocenters. The number of carbonyl (C=O) groups excluding carboxylic acids is 1. The van der Waals surface area contributed by atoms with Gasteiger partial charge in [-0.15, -0.1) is 0 Å². The summed E-state index contributed by atoms with van der Waals surface area (Å²) in [7, 11) is -4.10. The quantitative estimate of drug-likeness (QED) is 0.302. The van der Waals surface area contributed by atoms with Crippen LogP contribution >= 0.6 is 0 Å². The number of rotatable bonds is 5. The minimum atomic E-state index is -4.10. The number of hydrogen-bond donors (Lipinski definition) is 3. The van der Waals surface area contributed by atoms with Crippen molar-refractivity contribution in [3.63, 3.8) is 0 Å². The Kier molecular flexibility index (Phi) is 4.60. The lowest BCUT2D eigenvalue weighted by Crippen LogP contribution is -2.34. The molecule has 3 N–H and O–H groups in total. The topological polar surface area (TPSA) is 104 Å². The number of carbonyl (C=O) groups is 1. The zero-order chi connectivity index (χ0) is 10.5. The first-order valence-corrected chi connectivity index (χ1v) is 5.02. The van der Waals surface area contributed by atoms with Crippen LogP contribution in [-0.2, 0) is 14.9 Å². The van der Waals surface area contributed by atoms with Crippen LogP contribution < -0.4 is 5.32 Å². The fourth-order valence-electron chi connectivity index (χ4n) is 0.556. The van der Waals surface area contributed by atoms with E-state index in [9.17, 15) is 13.2 Å². The summed E-state index contributed by atoms with van der Waals surface area (Å²) < 4.78 is 28.7. The first-order valence-electron chi connectivity index (χ1n) is 3.41. The van der Waals surface area contributed by atoms with E-state index >= 15 is 0 Å². The van der Waals surface area contributed by atoms with E-state index in [1.54, 1.807) is 0 Å². The minimum absolute atomic E-state index is 0.265. The SMILES string of the molecule is C=CC(=O)NC(O)CCS(=O)(=O)O. The molecule has 0 aromatic rings. The first-order chi connectivity index (χ1) is 5.85. The smallest absolute Gasteiger partial charge is 0.265 e. The second-order valence-electron chi connectivity index (χ2n) is 2.30. The molecular formula is C6H11NO5S. The Hall–Kier alpha value is -0.920. The van der Waals surface area contributed by atoms with Crippen LogP contribution in [-0.4, -0.2) is 36.0 Å². The van der Waals surface area contributed by atoms with E-state index in [1.165, 1.54) is 0 Å². The third kappa shape index (κ3) is 7.44. The van der Waals surface area contributed by atoms with Crippen molar-refractivity contribution in [1.82, 2.24) is 5.32 Å². The predicted molar refractivity (Wildman–Crippen MR) is 45.4 cm³/mol. The maximum Gasteiger partial charge on any atom is 0.265 e. The van der Waals surface area contributed by atoms with Crippen molar-refractivity contribution < 1.29 is 22.9 Å². The standard InChI is InChI=1S/C6H11NO5S/c1-2-5(8)7-6(9)3-4-13(10,11)12/h2,6,9H,1,3-4H2,(H,7,8)(H,10,11,12). The summed E-state index contributed by atoms with van der Waals surface area (Å²) >= 11 is 0. The van der Waals surface area contributed by atoms with Crippen molar-refractivity contribution in [2.45, 2.75) is 12.6 Å². The van der Waals surface area contributed by atoms with E-state index in [1.807, 2.05) is 5.32 Å². The van der Waals surface area contributed by atoms with E-state index < -0.39 is 28.0 Å². The van der Waals surface area contributed by atoms with E-state index in [0.717, 1.165) is 6.08 Å². The highest BCUT2D eigenvalue weighted by Crippen LogP contribution is 1.92. The molecule has 6 nitrogen and oxygen atoms in total. The molecule has 7 heteroatoms. The summed E-state index contributed by atoms with van der Waals surface area (Å²) in [6, 6.07) is 0. The van der Waals surface area contributed by atoms with Crippen LogP contribution in [0.25, 0.3) is 0 Å². The van der Waals surface area contributed by atoms with E-state index in [4.69, 9.17) is 9.66 Å². The van der Waals surface area contributed by atoms with Gasteiger partial charge in [0, 0.05) is 6.42 Å². The van der Waals surface area contributed by atoms with Gasteiger partial charge >= 0.3 is 0 Å². The number of amides is 1. The molecule has 0 bridgehead atoms. The maximum absolute atomic E-state index is 10.5. The minimum Gasteiger partial charge on any atom is -0.374 e. The van der Waals surface area contributed by atoms with Gasteiger partial charge in [-0.2, -0.15) is 8.42 Å². The van der Waals surface area contributed by atoms with Crippen molar-refractivity contribution >= 4 is 16.0 Å². The second-order valence-corrected chi connectivity index (χ2v) is 3.88. The van der Waals surface area contributed by atoms with Gasteiger partial charge in [-0.05, 0) is 6.08 Å². The van der Waals surface area contributed by atoms with Gasteiger partial charge in [0.05, 0.1) is 5.75 Å². The Morgan fingerprint density at radius 1 is 1.62 bits per heavy atom. The molecule has 0 aliphatic rings. The molecule has 1 amide bonds. The Morgan fingerprint density at radius 3 is 2.54 bits per heavy atom. The van der Waals surface area contributed by atoms with Gasteiger partial charge in [-0.25, -0.2) is 0 Å². The zero-order valence-corrected chi connectivity index (χ0v) is 7.62. The molecule has 1 unspecified atom stereocenters. The van der Waals surface area contributed by atoms with Crippen LogP contribution in [0, 0.1) is 0 Å². The van der Waals surface area contributed by atoms with Crippen LogP contribution in [0.2, 0.25) is 0 Å². The Bertz CT molecular complexity index is 283. The average molecular weight is 209 g/mol. The summed E-state index contributed by atoms with van der Waals surface area (Å²) in [6.07, 6.45) is -0.623. The van der Waals surface area contributed by atoms with Crippen LogP contribution in [0.4, 0.5) is 0 Å². The van der Waals surface area contributed by atoms with Crippen molar-refractivity contribution in [1.29, 1.82) is 0 Å². The summed E-state index contributed by atoms with van der Waals surface area (Å²) in [5.74, 6) is -1.21. The maximum atomic E-state index is 10.5. The van der Waals surface area contributed by atoms with Crippen LogP contribution in [0.5, 0.6) is 0 Å². The largest absolute Gasteiger partial charge is 0.374 e. The molecule has 0 aromatic carbocycles. The van der Waals surface area contributed by atoms with E-state index in [0.29, 0.717) is 0 Å². The molecule has 0 rings (SSSR count). The normalized spacial score (nSPS) is 13.4. The predicted octanol–water partition coefficient (Wildman–Crippen LogP) is -1.12. The number of nitrogens with one attached hydrogen (secondary N) is 1. The Labute approximate surface area is 76.0 Å². The van der Waals surface area contributed by atoms with Crippen LogP contribution in [0.15, 0.2) is 12.7 Å². The average Bonchev–Trinajstić information content (AvgIpc) is 1.99. The molecule has 0 heterocycles. The molecule has 0 fully saturated rings. The second kappa shape index (κ2) is 4.95. The van der Waals surface area contributed by atoms with Crippen LogP contribution in [0.3, 0.4) is 0 Å². The van der Waals surface area contributed by atoms with Gasteiger partial charge in [0.15, 0.2) is 0 Å². The van der Waals surface area contributed by atoms with Crippen molar-refractivity contribution in [3.05, 3.63) is 12.7 Å². The molecule has 0 spiro atoms. The molecule has 0 aliphatic carbocycles. The third-order valence-electron chi connectivity index (χ3n) is 1.14. The molecular weight excluding hydrogens is 198 g/mol. The zero-order valence-electron chi connectivity index (χ0n) is 6.80. The molecule has 0 aromatic heterocycles. The fourth-order valence-corrected chi connectivity index (χ4v) is 1.08. The van der Waals surface area contributed by atoms with Gasteiger partial charge in [0.1, 0.15) is 6.23 Å². The number of aliphatic hydroxyl groups is 1. The van der Waals surface area contributed by atoms with Crippen molar-refractivity contribution in [3.8, 4) is 0 Å². The lowest BCUT2D eigenvalue weighted by Gasteiger charge is -2.09. The molecule has 0 saturated heterocycles. The highest BCUT2D eigenvalue weighted by atomic mass is 32.2. The third-order valence-corrected chi connectivity index (χ3v) is 1.90. The lowest BCUT2D eigenvalue weighted by molar-refractivity contribution is -0.119. The van der Waals surface area contributed by atoms with Crippen molar-refractivity contribution in [2.24, 2.45) is 0 Å².